The molecule has 0 aromatic heterocycles. The zero-order valence-electron chi connectivity index (χ0n) is 12.7. The molecule has 1 aliphatic rings. The van der Waals surface area contributed by atoms with Crippen LogP contribution in [0.5, 0.6) is 0 Å². The van der Waals surface area contributed by atoms with Gasteiger partial charge in [-0.25, -0.2) is 0 Å². The first-order valence-corrected chi connectivity index (χ1v) is 7.76. The van der Waals surface area contributed by atoms with Crippen molar-refractivity contribution >= 4 is 0 Å². The number of aliphatic hydroxyl groups excluding tert-OH is 1. The van der Waals surface area contributed by atoms with Crippen LogP contribution in [-0.4, -0.2) is 11.2 Å². The second kappa shape index (κ2) is 5.63. The van der Waals surface area contributed by atoms with Crippen LogP contribution in [0.25, 0.3) is 11.1 Å². The van der Waals surface area contributed by atoms with Gasteiger partial charge in [-0.3, -0.25) is 0 Å². The minimum atomic E-state index is -0.489. The van der Waals surface area contributed by atoms with E-state index in [-0.39, 0.29) is 12.0 Å². The van der Waals surface area contributed by atoms with Crippen LogP contribution >= 0.6 is 0 Å². The smallest absolute Gasteiger partial charge is 0.0758 e. The van der Waals surface area contributed by atoms with Crippen molar-refractivity contribution in [1.29, 1.82) is 0 Å². The molecule has 0 fully saturated rings. The maximum Gasteiger partial charge on any atom is 0.0758 e. The Balaban J connectivity index is 1.90. The Kier molecular flexibility index (Phi) is 3.83. The highest BCUT2D eigenvalue weighted by molar-refractivity contribution is 5.77. The maximum atomic E-state index is 10.3. The number of fused-ring (bicyclic) bond motifs is 3. The Hall–Kier alpha value is -1.64. The molecule has 2 heteroatoms. The normalized spacial score (nSPS) is 17.0. The van der Waals surface area contributed by atoms with Gasteiger partial charge in [0.05, 0.1) is 12.1 Å². The van der Waals surface area contributed by atoms with Gasteiger partial charge in [0, 0.05) is 0 Å². The van der Waals surface area contributed by atoms with Crippen molar-refractivity contribution < 1.29 is 5.11 Å². The Morgan fingerprint density at radius 2 is 1.81 bits per heavy atom. The average Bonchev–Trinajstić information content (AvgIpc) is 2.90. The SMILES string of the molecule is CCC(C)[C@H](O)[C@H](N)c1ccc2c(c1)Cc1ccccc1-2. The lowest BCUT2D eigenvalue weighted by molar-refractivity contribution is 0.0880. The summed E-state index contributed by atoms with van der Waals surface area (Å²) in [5.41, 5.74) is 12.6. The lowest BCUT2D eigenvalue weighted by Crippen LogP contribution is -2.31. The first-order valence-electron chi connectivity index (χ1n) is 7.76. The molecule has 3 N–H and O–H groups in total. The molecule has 2 aromatic carbocycles. The zero-order valence-corrected chi connectivity index (χ0v) is 12.7. The summed E-state index contributed by atoms with van der Waals surface area (Å²) >= 11 is 0. The first kappa shape index (κ1) is 14.3. The standard InChI is InChI=1S/C19H23NO/c1-3-12(2)19(21)18(20)14-8-9-17-15(11-14)10-13-6-4-5-7-16(13)17/h4-9,11-12,18-19,21H,3,10,20H2,1-2H3/t12?,18-,19+/m1/s1. The molecule has 1 aliphatic carbocycles. The summed E-state index contributed by atoms with van der Waals surface area (Å²) in [6, 6.07) is 14.6. The fraction of sp³-hybridized carbons (Fsp3) is 0.368. The lowest BCUT2D eigenvalue weighted by atomic mass is 9.90. The van der Waals surface area contributed by atoms with Gasteiger partial charge >= 0.3 is 0 Å². The van der Waals surface area contributed by atoms with Crippen LogP contribution in [0.1, 0.15) is 43.0 Å². The Morgan fingerprint density at radius 3 is 2.57 bits per heavy atom. The van der Waals surface area contributed by atoms with Gasteiger partial charge in [-0.05, 0) is 40.2 Å². The van der Waals surface area contributed by atoms with Crippen LogP contribution in [-0.2, 0) is 6.42 Å². The molecular weight excluding hydrogens is 258 g/mol. The fourth-order valence-corrected chi connectivity index (χ4v) is 3.17. The third kappa shape index (κ3) is 2.50. The van der Waals surface area contributed by atoms with Crippen LogP contribution < -0.4 is 5.73 Å². The molecular formula is C19H23NO. The highest BCUT2D eigenvalue weighted by Gasteiger charge is 2.24. The lowest BCUT2D eigenvalue weighted by Gasteiger charge is -2.24. The van der Waals surface area contributed by atoms with Crippen LogP contribution in [0.2, 0.25) is 0 Å². The highest BCUT2D eigenvalue weighted by Crippen LogP contribution is 2.37. The second-order valence-electron chi connectivity index (χ2n) is 6.15. The molecule has 2 nitrogen and oxygen atoms in total. The van der Waals surface area contributed by atoms with Gasteiger partial charge in [0.25, 0.3) is 0 Å². The van der Waals surface area contributed by atoms with Gasteiger partial charge in [-0.2, -0.15) is 0 Å². The largest absolute Gasteiger partial charge is 0.391 e. The molecule has 0 saturated heterocycles. The molecule has 0 radical (unpaired) electrons. The van der Waals surface area contributed by atoms with Crippen molar-refractivity contribution in [3.05, 3.63) is 59.2 Å². The summed E-state index contributed by atoms with van der Waals surface area (Å²) in [4.78, 5) is 0. The molecule has 0 aliphatic heterocycles. The van der Waals surface area contributed by atoms with Crippen molar-refractivity contribution in [2.24, 2.45) is 11.7 Å². The van der Waals surface area contributed by atoms with Crippen LogP contribution in [0.3, 0.4) is 0 Å². The number of rotatable bonds is 4. The number of hydrogen-bond donors (Lipinski definition) is 2. The van der Waals surface area contributed by atoms with Crippen molar-refractivity contribution in [3.8, 4) is 11.1 Å². The van der Waals surface area contributed by atoms with Crippen LogP contribution in [0.4, 0.5) is 0 Å². The van der Waals surface area contributed by atoms with Gasteiger partial charge in [0.15, 0.2) is 0 Å². The van der Waals surface area contributed by atoms with E-state index in [2.05, 4.69) is 49.4 Å². The third-order valence-corrected chi connectivity index (χ3v) is 4.80. The summed E-state index contributed by atoms with van der Waals surface area (Å²) in [5, 5.41) is 10.3. The van der Waals surface area contributed by atoms with E-state index in [4.69, 9.17) is 5.73 Å². The molecule has 1 unspecified atom stereocenters. The van der Waals surface area contributed by atoms with Crippen molar-refractivity contribution in [3.63, 3.8) is 0 Å². The van der Waals surface area contributed by atoms with Gasteiger partial charge in [-0.1, -0.05) is 62.7 Å². The topological polar surface area (TPSA) is 46.2 Å². The van der Waals surface area contributed by atoms with E-state index in [0.717, 1.165) is 18.4 Å². The Labute approximate surface area is 126 Å². The summed E-state index contributed by atoms with van der Waals surface area (Å²) in [5.74, 6) is 0.213. The predicted molar refractivity (Wildman–Crippen MR) is 87.1 cm³/mol. The zero-order chi connectivity index (χ0) is 15.0. The minimum Gasteiger partial charge on any atom is -0.391 e. The molecule has 0 bridgehead atoms. The molecule has 0 heterocycles. The summed E-state index contributed by atoms with van der Waals surface area (Å²) < 4.78 is 0. The summed E-state index contributed by atoms with van der Waals surface area (Å²) in [7, 11) is 0. The monoisotopic (exact) mass is 281 g/mol. The third-order valence-electron chi connectivity index (χ3n) is 4.80. The number of aliphatic hydroxyl groups is 1. The quantitative estimate of drug-likeness (QED) is 0.766. The second-order valence-corrected chi connectivity index (χ2v) is 6.15. The van der Waals surface area contributed by atoms with Crippen molar-refractivity contribution in [2.75, 3.05) is 0 Å². The van der Waals surface area contributed by atoms with E-state index >= 15 is 0 Å². The number of nitrogens with two attached hydrogens (primary N) is 1. The molecule has 3 rings (SSSR count). The average molecular weight is 281 g/mol. The van der Waals surface area contributed by atoms with E-state index in [1.54, 1.807) is 0 Å². The summed E-state index contributed by atoms with van der Waals surface area (Å²) in [6.07, 6.45) is 1.41. The summed E-state index contributed by atoms with van der Waals surface area (Å²) in [6.45, 7) is 4.13. The number of benzene rings is 2. The maximum absolute atomic E-state index is 10.3. The molecule has 2 aromatic rings. The minimum absolute atomic E-state index is 0.213. The van der Waals surface area contributed by atoms with E-state index in [1.807, 2.05) is 6.92 Å². The molecule has 0 amide bonds. The van der Waals surface area contributed by atoms with Crippen LogP contribution in [0.15, 0.2) is 42.5 Å². The Morgan fingerprint density at radius 1 is 1.10 bits per heavy atom. The van der Waals surface area contributed by atoms with Gasteiger partial charge in [0.1, 0.15) is 0 Å². The van der Waals surface area contributed by atoms with E-state index in [0.29, 0.717) is 0 Å². The molecule has 3 atom stereocenters. The van der Waals surface area contributed by atoms with E-state index < -0.39 is 6.10 Å². The first-order chi connectivity index (χ1) is 10.1. The number of hydrogen-bond acceptors (Lipinski definition) is 2. The van der Waals surface area contributed by atoms with Crippen LogP contribution in [0, 0.1) is 5.92 Å². The Bertz CT molecular complexity index is 650. The van der Waals surface area contributed by atoms with Gasteiger partial charge < -0.3 is 10.8 Å². The molecule has 0 spiro atoms. The van der Waals surface area contributed by atoms with Gasteiger partial charge in [0.2, 0.25) is 0 Å². The molecule has 0 saturated carbocycles. The predicted octanol–water partition coefficient (Wildman–Crippen LogP) is 3.66. The molecule has 21 heavy (non-hydrogen) atoms. The van der Waals surface area contributed by atoms with Crippen molar-refractivity contribution in [1.82, 2.24) is 0 Å². The van der Waals surface area contributed by atoms with E-state index in [9.17, 15) is 5.11 Å². The van der Waals surface area contributed by atoms with Crippen molar-refractivity contribution in [2.45, 2.75) is 38.8 Å². The highest BCUT2D eigenvalue weighted by atomic mass is 16.3. The molecule has 110 valence electrons. The van der Waals surface area contributed by atoms with Gasteiger partial charge in [-0.15, -0.1) is 0 Å². The van der Waals surface area contributed by atoms with E-state index in [1.165, 1.54) is 22.3 Å². The fourth-order valence-electron chi connectivity index (χ4n) is 3.17.